The van der Waals surface area contributed by atoms with E-state index in [2.05, 4.69) is 27.9 Å². The number of amides is 1. The highest BCUT2D eigenvalue weighted by atomic mass is 35.5. The second-order valence-corrected chi connectivity index (χ2v) is 12.0. The molecular weight excluding hydrogens is 561 g/mol. The molecule has 1 aromatic heterocycles. The van der Waals surface area contributed by atoms with E-state index >= 15 is 0 Å². The van der Waals surface area contributed by atoms with Gasteiger partial charge in [0.15, 0.2) is 0 Å². The Morgan fingerprint density at radius 3 is 2.67 bits per heavy atom. The molecular formula is C32H33Cl2N3O2S. The van der Waals surface area contributed by atoms with Crippen molar-refractivity contribution in [3.05, 3.63) is 94.1 Å². The van der Waals surface area contributed by atoms with Crippen molar-refractivity contribution in [1.82, 2.24) is 9.88 Å². The summed E-state index contributed by atoms with van der Waals surface area (Å²) in [4.78, 5) is 20.9. The van der Waals surface area contributed by atoms with Gasteiger partial charge in [-0.3, -0.25) is 9.78 Å². The maximum Gasteiger partial charge on any atom is 0.253 e. The number of benzene rings is 3. The van der Waals surface area contributed by atoms with Crippen LogP contribution < -0.4 is 4.72 Å². The summed E-state index contributed by atoms with van der Waals surface area (Å²) in [6.45, 7) is 1.56. The van der Waals surface area contributed by atoms with E-state index in [1.54, 1.807) is 12.1 Å². The summed E-state index contributed by atoms with van der Waals surface area (Å²) in [6, 6.07) is 21.1. The normalized spacial score (nSPS) is 15.9. The number of aromatic nitrogens is 1. The van der Waals surface area contributed by atoms with Crippen LogP contribution in [-0.2, 0) is 6.42 Å². The van der Waals surface area contributed by atoms with Gasteiger partial charge < -0.3 is 14.7 Å². The number of nitrogens with zero attached hydrogens (tertiary/aromatic N) is 2. The molecule has 5 nitrogen and oxygen atoms in total. The Morgan fingerprint density at radius 2 is 1.85 bits per heavy atom. The average molecular weight is 595 g/mol. The number of likely N-dealkylation sites (tertiary alicyclic amines) is 1. The minimum Gasteiger partial charge on any atom is -0.508 e. The molecule has 5 rings (SSSR count). The minimum atomic E-state index is 0.0935. The largest absolute Gasteiger partial charge is 0.508 e. The number of fused-ring (bicyclic) bond motifs is 1. The monoisotopic (exact) mass is 593 g/mol. The number of rotatable bonds is 8. The Bertz CT molecular complexity index is 1440. The summed E-state index contributed by atoms with van der Waals surface area (Å²) in [5.74, 6) is 0.810. The standard InChI is InChI=1S/C32H33Cl2N3O2S/c33-25-20-28(34)27(29(38)21-25)10-3-7-22-6-1-2-18-37(19-16-22)32(39)24-12-14-26(15-13-24)36-40-30-11-4-8-23-9-5-17-35-31(23)30/h4-5,8-9,11-15,17,20-22,36,38H,1-3,6-7,10,16,18-19H2. The van der Waals surface area contributed by atoms with Crippen LogP contribution >= 0.6 is 35.1 Å². The lowest BCUT2D eigenvalue weighted by Crippen LogP contribution is -2.35. The van der Waals surface area contributed by atoms with Crippen LogP contribution in [-0.4, -0.2) is 34.0 Å². The number of halogens is 2. The maximum atomic E-state index is 13.3. The highest BCUT2D eigenvalue weighted by Gasteiger charge is 2.21. The highest BCUT2D eigenvalue weighted by molar-refractivity contribution is 8.00. The number of carbonyl (C=O) groups is 1. The van der Waals surface area contributed by atoms with Gasteiger partial charge in [-0.2, -0.15) is 0 Å². The van der Waals surface area contributed by atoms with Gasteiger partial charge in [-0.05, 0) is 92.1 Å². The van der Waals surface area contributed by atoms with Crippen molar-refractivity contribution in [2.45, 2.75) is 49.8 Å². The highest BCUT2D eigenvalue weighted by Crippen LogP contribution is 2.33. The minimum absolute atomic E-state index is 0.0935. The Labute approximate surface area is 250 Å². The Morgan fingerprint density at radius 1 is 1.02 bits per heavy atom. The van der Waals surface area contributed by atoms with Crippen molar-refractivity contribution in [3.8, 4) is 5.75 Å². The molecule has 0 radical (unpaired) electrons. The zero-order chi connectivity index (χ0) is 27.9. The molecule has 1 aliphatic rings. The van der Waals surface area contributed by atoms with Gasteiger partial charge in [-0.1, -0.05) is 60.7 Å². The molecule has 3 aromatic carbocycles. The molecule has 1 fully saturated rings. The lowest BCUT2D eigenvalue weighted by atomic mass is 9.90. The number of hydrogen-bond acceptors (Lipinski definition) is 5. The van der Waals surface area contributed by atoms with E-state index in [0.29, 0.717) is 21.5 Å². The summed E-state index contributed by atoms with van der Waals surface area (Å²) in [5, 5.41) is 12.3. The number of aromatic hydroxyl groups is 1. The summed E-state index contributed by atoms with van der Waals surface area (Å²) >= 11 is 13.8. The van der Waals surface area contributed by atoms with E-state index in [1.165, 1.54) is 18.4 Å². The number of nitrogens with one attached hydrogen (secondary N) is 1. The smallest absolute Gasteiger partial charge is 0.253 e. The van der Waals surface area contributed by atoms with Gasteiger partial charge in [0, 0.05) is 51.5 Å². The van der Waals surface area contributed by atoms with Crippen LogP contribution in [0.2, 0.25) is 10.0 Å². The molecule has 1 atom stereocenters. The molecule has 1 saturated heterocycles. The van der Waals surface area contributed by atoms with E-state index in [1.807, 2.05) is 47.5 Å². The first kappa shape index (κ1) is 28.6. The predicted molar refractivity (Wildman–Crippen MR) is 167 cm³/mol. The van der Waals surface area contributed by atoms with Crippen LogP contribution in [0.1, 0.15) is 54.4 Å². The van der Waals surface area contributed by atoms with Crippen LogP contribution in [0.4, 0.5) is 5.69 Å². The third-order valence-electron chi connectivity index (χ3n) is 7.57. The number of hydrogen-bond donors (Lipinski definition) is 2. The SMILES string of the molecule is O=C(c1ccc(NSc2cccc3cccnc23)cc1)N1CCCCC(CCCc2c(O)cc(Cl)cc2Cl)CC1. The maximum absolute atomic E-state index is 13.3. The van der Waals surface area contributed by atoms with E-state index in [9.17, 15) is 9.90 Å². The number of pyridine rings is 1. The van der Waals surface area contributed by atoms with Crippen molar-refractivity contribution in [1.29, 1.82) is 0 Å². The fourth-order valence-electron chi connectivity index (χ4n) is 5.36. The van der Waals surface area contributed by atoms with Crippen LogP contribution in [0, 0.1) is 5.92 Å². The van der Waals surface area contributed by atoms with Crippen molar-refractivity contribution in [2.24, 2.45) is 5.92 Å². The topological polar surface area (TPSA) is 65.5 Å². The van der Waals surface area contributed by atoms with E-state index < -0.39 is 0 Å². The van der Waals surface area contributed by atoms with E-state index in [4.69, 9.17) is 23.2 Å². The zero-order valence-corrected chi connectivity index (χ0v) is 24.6. The third kappa shape index (κ3) is 7.22. The third-order valence-corrected chi connectivity index (χ3v) is 9.01. The number of phenols is 1. The van der Waals surface area contributed by atoms with Gasteiger partial charge in [-0.15, -0.1) is 0 Å². The molecule has 1 unspecified atom stereocenters. The molecule has 0 bridgehead atoms. The summed E-state index contributed by atoms with van der Waals surface area (Å²) < 4.78 is 3.39. The predicted octanol–water partition coefficient (Wildman–Crippen LogP) is 9.02. The molecule has 0 spiro atoms. The van der Waals surface area contributed by atoms with Crippen molar-refractivity contribution < 1.29 is 9.90 Å². The lowest BCUT2D eigenvalue weighted by Gasteiger charge is -2.29. The van der Waals surface area contributed by atoms with Gasteiger partial charge >= 0.3 is 0 Å². The van der Waals surface area contributed by atoms with Crippen LogP contribution in [0.5, 0.6) is 5.75 Å². The van der Waals surface area contributed by atoms with Crippen molar-refractivity contribution in [3.63, 3.8) is 0 Å². The molecule has 2 N–H and O–H groups in total. The Kier molecular flexibility index (Phi) is 9.74. The molecule has 1 amide bonds. The second kappa shape index (κ2) is 13.6. The van der Waals surface area contributed by atoms with Crippen LogP contribution in [0.3, 0.4) is 0 Å². The van der Waals surface area contributed by atoms with Crippen LogP contribution in [0.15, 0.2) is 77.8 Å². The molecule has 4 aromatic rings. The fourth-order valence-corrected chi connectivity index (χ4v) is 6.72. The second-order valence-electron chi connectivity index (χ2n) is 10.3. The first-order valence-electron chi connectivity index (χ1n) is 13.8. The van der Waals surface area contributed by atoms with Gasteiger partial charge in [0.05, 0.1) is 10.4 Å². The first-order chi connectivity index (χ1) is 19.5. The quantitative estimate of drug-likeness (QED) is 0.199. The lowest BCUT2D eigenvalue weighted by molar-refractivity contribution is 0.0727. The number of anilines is 1. The molecule has 0 saturated carbocycles. The zero-order valence-electron chi connectivity index (χ0n) is 22.3. The molecule has 0 aliphatic carbocycles. The summed E-state index contributed by atoms with van der Waals surface area (Å²) in [7, 11) is 0. The molecule has 1 aliphatic heterocycles. The summed E-state index contributed by atoms with van der Waals surface area (Å²) in [6.07, 6.45) is 8.80. The van der Waals surface area contributed by atoms with E-state index in [0.717, 1.165) is 78.7 Å². The van der Waals surface area contributed by atoms with Gasteiger partial charge in [0.1, 0.15) is 5.75 Å². The van der Waals surface area contributed by atoms with Gasteiger partial charge in [0.25, 0.3) is 5.91 Å². The number of para-hydroxylation sites is 1. The molecule has 8 heteroatoms. The van der Waals surface area contributed by atoms with Crippen molar-refractivity contribution >= 4 is 57.6 Å². The van der Waals surface area contributed by atoms with Crippen molar-refractivity contribution in [2.75, 3.05) is 17.8 Å². The number of phenolic OH excluding ortho intramolecular Hbond substituents is 1. The Hall–Kier alpha value is -2.93. The van der Waals surface area contributed by atoms with E-state index in [-0.39, 0.29) is 11.7 Å². The molecule has 40 heavy (non-hydrogen) atoms. The summed E-state index contributed by atoms with van der Waals surface area (Å²) in [5.41, 5.74) is 3.39. The Balaban J connectivity index is 1.13. The fraction of sp³-hybridized carbons (Fsp3) is 0.312. The van der Waals surface area contributed by atoms with Crippen LogP contribution in [0.25, 0.3) is 10.9 Å². The van der Waals surface area contributed by atoms with Gasteiger partial charge in [0.2, 0.25) is 0 Å². The molecule has 208 valence electrons. The number of carbonyl (C=O) groups excluding carboxylic acids is 1. The average Bonchev–Trinajstić information content (AvgIpc) is 2.94. The first-order valence-corrected chi connectivity index (χ1v) is 15.4. The molecule has 2 heterocycles. The van der Waals surface area contributed by atoms with Gasteiger partial charge in [-0.25, -0.2) is 0 Å².